The van der Waals surface area contributed by atoms with E-state index in [2.05, 4.69) is 15.3 Å². The molecule has 1 amide bonds. The molecule has 0 radical (unpaired) electrons. The summed E-state index contributed by atoms with van der Waals surface area (Å²) in [7, 11) is 0. The molecule has 1 aromatic heterocycles. The number of amides is 1. The van der Waals surface area contributed by atoms with Crippen LogP contribution in [0, 0.1) is 0 Å². The number of rotatable bonds is 5. The molecule has 1 atom stereocenters. The van der Waals surface area contributed by atoms with Gasteiger partial charge in [0.05, 0.1) is 6.10 Å². The maximum Gasteiger partial charge on any atom is 0.316 e. The molecule has 1 N–H and O–H groups in total. The summed E-state index contributed by atoms with van der Waals surface area (Å²) in [6.45, 7) is 1.25. The maximum atomic E-state index is 11.4. The first kappa shape index (κ1) is 11.8. The predicted molar refractivity (Wildman–Crippen MR) is 59.5 cm³/mol. The van der Waals surface area contributed by atoms with Crippen LogP contribution in [0.15, 0.2) is 18.5 Å². The van der Waals surface area contributed by atoms with E-state index in [9.17, 15) is 4.79 Å². The fourth-order valence-electron chi connectivity index (χ4n) is 1.57. The lowest BCUT2D eigenvalue weighted by molar-refractivity contribution is -0.123. The number of ether oxygens (including phenoxy) is 2. The van der Waals surface area contributed by atoms with Gasteiger partial charge in [-0.2, -0.15) is 0 Å². The van der Waals surface area contributed by atoms with Crippen molar-refractivity contribution in [3.05, 3.63) is 18.5 Å². The van der Waals surface area contributed by atoms with Crippen molar-refractivity contribution >= 4 is 5.91 Å². The second kappa shape index (κ2) is 6.15. The molecular formula is C11H15N3O3. The summed E-state index contributed by atoms with van der Waals surface area (Å²) in [6.07, 6.45) is 5.34. The van der Waals surface area contributed by atoms with E-state index in [0.29, 0.717) is 6.54 Å². The Bertz CT molecular complexity index is 352. The van der Waals surface area contributed by atoms with Gasteiger partial charge in [0.15, 0.2) is 6.61 Å². The van der Waals surface area contributed by atoms with E-state index in [4.69, 9.17) is 9.47 Å². The molecule has 2 rings (SSSR count). The molecular weight excluding hydrogens is 222 g/mol. The molecule has 92 valence electrons. The molecule has 2 heterocycles. The van der Waals surface area contributed by atoms with Crippen LogP contribution < -0.4 is 10.1 Å². The number of aromatic nitrogens is 2. The molecule has 1 aromatic rings. The van der Waals surface area contributed by atoms with Crippen LogP contribution in [0.2, 0.25) is 0 Å². The van der Waals surface area contributed by atoms with Crippen molar-refractivity contribution in [1.29, 1.82) is 0 Å². The summed E-state index contributed by atoms with van der Waals surface area (Å²) in [5, 5.41) is 2.75. The zero-order valence-electron chi connectivity index (χ0n) is 9.46. The molecule has 1 aliphatic rings. The van der Waals surface area contributed by atoms with Crippen LogP contribution in [-0.2, 0) is 9.53 Å². The van der Waals surface area contributed by atoms with Crippen molar-refractivity contribution in [1.82, 2.24) is 15.3 Å². The monoisotopic (exact) mass is 237 g/mol. The molecule has 1 aliphatic heterocycles. The van der Waals surface area contributed by atoms with Gasteiger partial charge in [-0.15, -0.1) is 0 Å². The van der Waals surface area contributed by atoms with Crippen molar-refractivity contribution < 1.29 is 14.3 Å². The smallest absolute Gasteiger partial charge is 0.316 e. The predicted octanol–water partition coefficient (Wildman–Crippen LogP) is 0.151. The number of carbonyl (C=O) groups is 1. The normalized spacial score (nSPS) is 18.9. The van der Waals surface area contributed by atoms with Gasteiger partial charge in [-0.25, -0.2) is 9.97 Å². The lowest BCUT2D eigenvalue weighted by atomic mass is 10.2. The molecule has 6 nitrogen and oxygen atoms in total. The van der Waals surface area contributed by atoms with Gasteiger partial charge in [0.1, 0.15) is 0 Å². The van der Waals surface area contributed by atoms with Crippen LogP contribution >= 0.6 is 0 Å². The molecule has 1 saturated heterocycles. The molecule has 0 bridgehead atoms. The van der Waals surface area contributed by atoms with E-state index in [0.717, 1.165) is 19.4 Å². The zero-order chi connectivity index (χ0) is 11.9. The zero-order valence-corrected chi connectivity index (χ0v) is 9.46. The van der Waals surface area contributed by atoms with E-state index in [1.54, 1.807) is 18.5 Å². The average molecular weight is 237 g/mol. The molecule has 6 heteroatoms. The van der Waals surface area contributed by atoms with Crippen LogP contribution in [0.5, 0.6) is 6.01 Å². The van der Waals surface area contributed by atoms with Gasteiger partial charge < -0.3 is 14.8 Å². The van der Waals surface area contributed by atoms with Gasteiger partial charge in [-0.05, 0) is 18.9 Å². The van der Waals surface area contributed by atoms with Crippen molar-refractivity contribution in [3.8, 4) is 6.01 Å². The van der Waals surface area contributed by atoms with Gasteiger partial charge in [-0.1, -0.05) is 0 Å². The topological polar surface area (TPSA) is 73.3 Å². The van der Waals surface area contributed by atoms with Gasteiger partial charge >= 0.3 is 6.01 Å². The number of hydrogen-bond donors (Lipinski definition) is 1. The Hall–Kier alpha value is -1.69. The summed E-state index contributed by atoms with van der Waals surface area (Å²) in [5.74, 6) is -0.187. The van der Waals surface area contributed by atoms with E-state index < -0.39 is 0 Å². The van der Waals surface area contributed by atoms with Gasteiger partial charge in [0.2, 0.25) is 0 Å². The second-order valence-electron chi connectivity index (χ2n) is 3.76. The summed E-state index contributed by atoms with van der Waals surface area (Å²) >= 11 is 0. The SMILES string of the molecule is O=C(COc1ncccn1)NCC1CCCO1. The second-order valence-corrected chi connectivity index (χ2v) is 3.76. The van der Waals surface area contributed by atoms with Crippen LogP contribution in [0.1, 0.15) is 12.8 Å². The Labute approximate surface area is 99.4 Å². The highest BCUT2D eigenvalue weighted by Crippen LogP contribution is 2.10. The Balaban J connectivity index is 1.64. The molecule has 1 fully saturated rings. The molecule has 0 spiro atoms. The quantitative estimate of drug-likeness (QED) is 0.789. The first-order valence-electron chi connectivity index (χ1n) is 5.63. The largest absolute Gasteiger partial charge is 0.453 e. The molecule has 0 saturated carbocycles. The third kappa shape index (κ3) is 3.99. The molecule has 0 aliphatic carbocycles. The first-order valence-corrected chi connectivity index (χ1v) is 5.63. The minimum atomic E-state index is -0.187. The van der Waals surface area contributed by atoms with E-state index in [1.165, 1.54) is 0 Å². The van der Waals surface area contributed by atoms with Crippen molar-refractivity contribution in [3.63, 3.8) is 0 Å². The Morgan fingerprint density at radius 2 is 2.35 bits per heavy atom. The van der Waals surface area contributed by atoms with Crippen LogP contribution in [0.4, 0.5) is 0 Å². The van der Waals surface area contributed by atoms with E-state index >= 15 is 0 Å². The standard InChI is InChI=1S/C11H15N3O3/c15-10(14-7-9-3-1-6-16-9)8-17-11-12-4-2-5-13-11/h2,4-5,9H,1,3,6-8H2,(H,14,15). The molecule has 1 unspecified atom stereocenters. The van der Waals surface area contributed by atoms with Gasteiger partial charge in [0, 0.05) is 25.5 Å². The third-order valence-corrected chi connectivity index (χ3v) is 2.43. The highest BCUT2D eigenvalue weighted by molar-refractivity contribution is 5.77. The lowest BCUT2D eigenvalue weighted by Crippen LogP contribution is -2.35. The maximum absolute atomic E-state index is 11.4. The highest BCUT2D eigenvalue weighted by Gasteiger charge is 2.16. The Morgan fingerprint density at radius 3 is 3.06 bits per heavy atom. The van der Waals surface area contributed by atoms with Crippen molar-refractivity contribution in [2.75, 3.05) is 19.8 Å². The molecule has 17 heavy (non-hydrogen) atoms. The van der Waals surface area contributed by atoms with E-state index in [1.807, 2.05) is 0 Å². The summed E-state index contributed by atoms with van der Waals surface area (Å²) in [4.78, 5) is 19.1. The van der Waals surface area contributed by atoms with Crippen LogP contribution in [0.3, 0.4) is 0 Å². The van der Waals surface area contributed by atoms with Gasteiger partial charge in [-0.3, -0.25) is 4.79 Å². The minimum absolute atomic E-state index is 0.0727. The Kier molecular flexibility index (Phi) is 4.26. The third-order valence-electron chi connectivity index (χ3n) is 2.43. The first-order chi connectivity index (χ1) is 8.34. The van der Waals surface area contributed by atoms with Gasteiger partial charge in [0.25, 0.3) is 5.91 Å². The summed E-state index contributed by atoms with van der Waals surface area (Å²) in [6, 6.07) is 1.89. The number of nitrogens with one attached hydrogen (secondary N) is 1. The number of nitrogens with zero attached hydrogens (tertiary/aromatic N) is 2. The number of hydrogen-bond acceptors (Lipinski definition) is 5. The Morgan fingerprint density at radius 1 is 1.53 bits per heavy atom. The van der Waals surface area contributed by atoms with E-state index in [-0.39, 0.29) is 24.6 Å². The fraction of sp³-hybridized carbons (Fsp3) is 0.545. The highest BCUT2D eigenvalue weighted by atomic mass is 16.5. The van der Waals surface area contributed by atoms with Crippen molar-refractivity contribution in [2.45, 2.75) is 18.9 Å². The number of carbonyl (C=O) groups excluding carboxylic acids is 1. The lowest BCUT2D eigenvalue weighted by Gasteiger charge is -2.10. The minimum Gasteiger partial charge on any atom is -0.453 e. The molecule has 0 aromatic carbocycles. The van der Waals surface area contributed by atoms with Crippen LogP contribution in [-0.4, -0.2) is 41.7 Å². The summed E-state index contributed by atoms with van der Waals surface area (Å²) in [5.41, 5.74) is 0. The summed E-state index contributed by atoms with van der Waals surface area (Å²) < 4.78 is 10.5. The van der Waals surface area contributed by atoms with Crippen molar-refractivity contribution in [2.24, 2.45) is 0 Å². The fourth-order valence-corrected chi connectivity index (χ4v) is 1.57. The van der Waals surface area contributed by atoms with Crippen LogP contribution in [0.25, 0.3) is 0 Å². The average Bonchev–Trinajstić information content (AvgIpc) is 2.88.